The van der Waals surface area contributed by atoms with Crippen LogP contribution in [0.3, 0.4) is 0 Å². The third-order valence-corrected chi connectivity index (χ3v) is 3.84. The Balaban J connectivity index is 1.68. The first-order chi connectivity index (χ1) is 12.7. The van der Waals surface area contributed by atoms with Gasteiger partial charge in [-0.2, -0.15) is 18.2 Å². The molecular formula is C19H15F3N2O3. The summed E-state index contributed by atoms with van der Waals surface area (Å²) in [4.78, 5) is 15.6. The quantitative estimate of drug-likeness (QED) is 0.607. The molecule has 0 aliphatic heterocycles. The lowest BCUT2D eigenvalue weighted by Crippen LogP contribution is -2.12. The van der Waals surface area contributed by atoms with E-state index in [0.29, 0.717) is 16.9 Å². The molecule has 0 amide bonds. The highest BCUT2D eigenvalue weighted by atomic mass is 19.4. The zero-order valence-corrected chi connectivity index (χ0v) is 14.5. The number of Topliss-reactive ketones (excluding diaryl/α,β-unsaturated/α-hetero) is 1. The normalized spacial score (nSPS) is 11.4. The number of hydrogen-bond donors (Lipinski definition) is 0. The van der Waals surface area contributed by atoms with Crippen LogP contribution in [0.5, 0.6) is 5.75 Å². The molecule has 0 spiro atoms. The first-order valence-electron chi connectivity index (χ1n) is 7.98. The summed E-state index contributed by atoms with van der Waals surface area (Å²) >= 11 is 0. The summed E-state index contributed by atoms with van der Waals surface area (Å²) in [5, 5.41) is 3.31. The number of ether oxygens (including phenoxy) is 1. The maximum Gasteiger partial charge on any atom is 0.471 e. The van der Waals surface area contributed by atoms with E-state index in [1.165, 1.54) is 24.3 Å². The van der Waals surface area contributed by atoms with Gasteiger partial charge in [0.15, 0.2) is 12.4 Å². The molecule has 2 aromatic carbocycles. The molecule has 1 heterocycles. The van der Waals surface area contributed by atoms with Crippen LogP contribution in [0.25, 0.3) is 11.4 Å². The minimum Gasteiger partial charge on any atom is -0.485 e. The number of hydrogen-bond acceptors (Lipinski definition) is 5. The molecule has 0 saturated carbocycles. The van der Waals surface area contributed by atoms with Crippen LogP contribution in [-0.4, -0.2) is 22.5 Å². The summed E-state index contributed by atoms with van der Waals surface area (Å²) in [6.07, 6.45) is -4.70. The average molecular weight is 376 g/mol. The van der Waals surface area contributed by atoms with Crippen molar-refractivity contribution in [2.24, 2.45) is 0 Å². The van der Waals surface area contributed by atoms with Crippen LogP contribution in [0.2, 0.25) is 0 Å². The number of carbonyl (C=O) groups is 1. The van der Waals surface area contributed by atoms with Gasteiger partial charge in [0.2, 0.25) is 5.82 Å². The van der Waals surface area contributed by atoms with Crippen LogP contribution in [0, 0.1) is 13.8 Å². The van der Waals surface area contributed by atoms with Gasteiger partial charge in [-0.3, -0.25) is 4.79 Å². The zero-order valence-electron chi connectivity index (χ0n) is 14.5. The lowest BCUT2D eigenvalue weighted by atomic mass is 10.1. The Bertz CT molecular complexity index is 963. The smallest absolute Gasteiger partial charge is 0.471 e. The van der Waals surface area contributed by atoms with Gasteiger partial charge in [-0.05, 0) is 31.0 Å². The van der Waals surface area contributed by atoms with Gasteiger partial charge in [0.05, 0.1) is 0 Å². The van der Waals surface area contributed by atoms with Crippen LogP contribution in [0.4, 0.5) is 13.2 Å². The minimum absolute atomic E-state index is 0.149. The van der Waals surface area contributed by atoms with Crippen molar-refractivity contribution in [1.82, 2.24) is 10.1 Å². The highest BCUT2D eigenvalue weighted by Crippen LogP contribution is 2.29. The maximum absolute atomic E-state index is 12.5. The molecule has 5 nitrogen and oxygen atoms in total. The van der Waals surface area contributed by atoms with Crippen molar-refractivity contribution in [1.29, 1.82) is 0 Å². The number of rotatable bonds is 5. The Morgan fingerprint density at radius 3 is 2.44 bits per heavy atom. The summed E-state index contributed by atoms with van der Waals surface area (Å²) in [6.45, 7) is 3.66. The molecule has 0 saturated heterocycles. The van der Waals surface area contributed by atoms with E-state index in [1.54, 1.807) is 0 Å². The van der Waals surface area contributed by atoms with Crippen molar-refractivity contribution in [2.75, 3.05) is 6.61 Å². The van der Waals surface area contributed by atoms with Gasteiger partial charge < -0.3 is 9.26 Å². The maximum atomic E-state index is 12.5. The molecule has 0 radical (unpaired) electrons. The predicted octanol–water partition coefficient (Wildman–Crippen LogP) is 4.63. The van der Waals surface area contributed by atoms with Gasteiger partial charge in [-0.15, -0.1) is 0 Å². The number of benzene rings is 2. The molecular weight excluding hydrogens is 361 g/mol. The molecule has 0 aliphatic carbocycles. The molecule has 0 atom stereocenters. The Hall–Kier alpha value is -3.16. The van der Waals surface area contributed by atoms with E-state index in [4.69, 9.17) is 4.74 Å². The van der Waals surface area contributed by atoms with Gasteiger partial charge in [-0.25, -0.2) is 0 Å². The lowest BCUT2D eigenvalue weighted by molar-refractivity contribution is -0.159. The van der Waals surface area contributed by atoms with Crippen molar-refractivity contribution in [3.05, 3.63) is 65.0 Å². The van der Waals surface area contributed by atoms with Crippen LogP contribution in [-0.2, 0) is 6.18 Å². The second-order valence-corrected chi connectivity index (χ2v) is 5.98. The Morgan fingerprint density at radius 2 is 1.81 bits per heavy atom. The summed E-state index contributed by atoms with van der Waals surface area (Å²) in [6, 6.07) is 11.6. The largest absolute Gasteiger partial charge is 0.485 e. The monoisotopic (exact) mass is 376 g/mol. The Kier molecular flexibility index (Phi) is 4.98. The van der Waals surface area contributed by atoms with Crippen LogP contribution >= 0.6 is 0 Å². The third kappa shape index (κ3) is 4.33. The highest BCUT2D eigenvalue weighted by molar-refractivity contribution is 5.97. The van der Waals surface area contributed by atoms with E-state index >= 15 is 0 Å². The Labute approximate surface area is 152 Å². The van der Waals surface area contributed by atoms with Crippen LogP contribution < -0.4 is 4.74 Å². The standard InChI is InChI=1S/C19H15F3N2O3/c1-11-3-4-12(2)16(9-11)26-10-15(25)13-5-7-14(8-6-13)17-23-18(27-24-17)19(20,21)22/h3-9H,10H2,1-2H3. The fourth-order valence-corrected chi connectivity index (χ4v) is 2.35. The summed E-state index contributed by atoms with van der Waals surface area (Å²) in [5.41, 5.74) is 2.61. The molecule has 8 heteroatoms. The van der Waals surface area contributed by atoms with Gasteiger partial charge in [-0.1, -0.05) is 41.6 Å². The highest BCUT2D eigenvalue weighted by Gasteiger charge is 2.38. The second-order valence-electron chi connectivity index (χ2n) is 5.98. The van der Waals surface area contributed by atoms with Gasteiger partial charge in [0.1, 0.15) is 5.75 Å². The molecule has 0 unspecified atom stereocenters. The number of aromatic nitrogens is 2. The zero-order chi connectivity index (χ0) is 19.6. The molecule has 140 valence electrons. The van der Waals surface area contributed by atoms with Gasteiger partial charge in [0.25, 0.3) is 0 Å². The van der Waals surface area contributed by atoms with Crippen molar-refractivity contribution in [2.45, 2.75) is 20.0 Å². The van der Waals surface area contributed by atoms with E-state index < -0.39 is 12.1 Å². The van der Waals surface area contributed by atoms with Gasteiger partial charge >= 0.3 is 12.1 Å². The summed E-state index contributed by atoms with van der Waals surface area (Å²) in [5.74, 6) is -1.24. The topological polar surface area (TPSA) is 65.2 Å². The van der Waals surface area contributed by atoms with Crippen molar-refractivity contribution in [3.63, 3.8) is 0 Å². The third-order valence-electron chi connectivity index (χ3n) is 3.84. The number of carbonyl (C=O) groups excluding carboxylic acids is 1. The molecule has 0 fully saturated rings. The van der Waals surface area contributed by atoms with E-state index in [1.807, 2.05) is 32.0 Å². The van der Waals surface area contributed by atoms with E-state index in [2.05, 4.69) is 14.7 Å². The molecule has 0 bridgehead atoms. The number of aryl methyl sites for hydroxylation is 2. The fourth-order valence-electron chi connectivity index (χ4n) is 2.35. The molecule has 0 aliphatic rings. The van der Waals surface area contributed by atoms with Crippen molar-refractivity contribution in [3.8, 4) is 17.1 Å². The minimum atomic E-state index is -4.70. The number of ketones is 1. The predicted molar refractivity (Wildman–Crippen MR) is 90.5 cm³/mol. The van der Waals surface area contributed by atoms with Crippen LogP contribution in [0.1, 0.15) is 27.4 Å². The molecule has 27 heavy (non-hydrogen) atoms. The van der Waals surface area contributed by atoms with Crippen molar-refractivity contribution < 1.29 is 27.2 Å². The van der Waals surface area contributed by atoms with Crippen molar-refractivity contribution >= 4 is 5.78 Å². The second kappa shape index (κ2) is 7.22. The summed E-state index contributed by atoms with van der Waals surface area (Å²) < 4.78 is 47.3. The average Bonchev–Trinajstić information content (AvgIpc) is 3.13. The molecule has 3 rings (SSSR count). The first kappa shape index (κ1) is 18.6. The lowest BCUT2D eigenvalue weighted by Gasteiger charge is -2.09. The number of nitrogens with zero attached hydrogens (tertiary/aromatic N) is 2. The molecule has 0 N–H and O–H groups in total. The SMILES string of the molecule is Cc1ccc(C)c(OCC(=O)c2ccc(-c3noc(C(F)(F)F)n3)cc2)c1. The molecule has 1 aromatic heterocycles. The fraction of sp³-hybridized carbons (Fsp3) is 0.211. The Morgan fingerprint density at radius 1 is 1.11 bits per heavy atom. The van der Waals surface area contributed by atoms with Crippen LogP contribution in [0.15, 0.2) is 47.0 Å². The molecule has 3 aromatic rings. The first-order valence-corrected chi connectivity index (χ1v) is 7.98. The van der Waals surface area contributed by atoms with E-state index in [9.17, 15) is 18.0 Å². The van der Waals surface area contributed by atoms with E-state index in [0.717, 1.165) is 11.1 Å². The number of halogens is 3. The summed E-state index contributed by atoms with van der Waals surface area (Å²) in [7, 11) is 0. The van der Waals surface area contributed by atoms with E-state index in [-0.39, 0.29) is 18.2 Å². The van der Waals surface area contributed by atoms with Gasteiger partial charge in [0, 0.05) is 11.1 Å². The number of alkyl halides is 3.